The van der Waals surface area contributed by atoms with Crippen molar-refractivity contribution in [1.82, 2.24) is 10.2 Å². The molecule has 1 fully saturated rings. The molecule has 1 aliphatic heterocycles. The zero-order chi connectivity index (χ0) is 18.4. The monoisotopic (exact) mass is 345 g/mol. The van der Waals surface area contributed by atoms with Crippen LogP contribution in [0.5, 0.6) is 0 Å². The Kier molecular flexibility index (Phi) is 6.85. The van der Waals surface area contributed by atoms with Crippen molar-refractivity contribution in [1.29, 1.82) is 0 Å². The van der Waals surface area contributed by atoms with Gasteiger partial charge in [0.2, 0.25) is 5.91 Å². The Hall–Kier alpha value is -2.04. The van der Waals surface area contributed by atoms with Gasteiger partial charge in [-0.2, -0.15) is 0 Å². The van der Waals surface area contributed by atoms with Crippen LogP contribution in [0.4, 0.5) is 10.5 Å². The van der Waals surface area contributed by atoms with Crippen molar-refractivity contribution in [2.75, 3.05) is 18.4 Å². The summed E-state index contributed by atoms with van der Waals surface area (Å²) in [5.74, 6) is 0.0530. The first kappa shape index (κ1) is 19.3. The Balaban J connectivity index is 1.97. The van der Waals surface area contributed by atoms with Crippen LogP contribution >= 0.6 is 0 Å². The molecule has 25 heavy (non-hydrogen) atoms. The average Bonchev–Trinajstić information content (AvgIpc) is 2.61. The van der Waals surface area contributed by atoms with Crippen molar-refractivity contribution in [2.24, 2.45) is 5.92 Å². The SMILES string of the molecule is CCc1cccc(CC)c1NC(=O)C1CCN(C(=O)NC(C)C)CC1. The van der Waals surface area contributed by atoms with Crippen LogP contribution in [0, 0.1) is 5.92 Å². The van der Waals surface area contributed by atoms with E-state index in [1.807, 2.05) is 13.8 Å². The molecule has 0 unspecified atom stereocenters. The summed E-state index contributed by atoms with van der Waals surface area (Å²) in [6, 6.07) is 6.31. The lowest BCUT2D eigenvalue weighted by Crippen LogP contribution is -2.47. The number of nitrogens with one attached hydrogen (secondary N) is 2. The number of amides is 3. The molecule has 5 heteroatoms. The van der Waals surface area contributed by atoms with Gasteiger partial charge in [0.15, 0.2) is 0 Å². The number of hydrogen-bond acceptors (Lipinski definition) is 2. The third-order valence-electron chi connectivity index (χ3n) is 4.81. The van der Waals surface area contributed by atoms with Gasteiger partial charge in [0, 0.05) is 30.7 Å². The third kappa shape index (κ3) is 4.97. The molecule has 1 aromatic carbocycles. The molecule has 1 aromatic rings. The molecule has 0 atom stereocenters. The second-order valence-corrected chi connectivity index (χ2v) is 7.01. The predicted octanol–water partition coefficient (Wildman–Crippen LogP) is 3.58. The summed E-state index contributed by atoms with van der Waals surface area (Å²) >= 11 is 0. The molecule has 1 saturated heterocycles. The molecule has 0 radical (unpaired) electrons. The fourth-order valence-corrected chi connectivity index (χ4v) is 3.31. The van der Waals surface area contributed by atoms with E-state index < -0.39 is 0 Å². The smallest absolute Gasteiger partial charge is 0.317 e. The first-order chi connectivity index (χ1) is 12.0. The molecule has 3 amide bonds. The van der Waals surface area contributed by atoms with Gasteiger partial charge in [-0.05, 0) is 50.7 Å². The zero-order valence-electron chi connectivity index (χ0n) is 15.9. The summed E-state index contributed by atoms with van der Waals surface area (Å²) in [6.45, 7) is 9.38. The lowest BCUT2D eigenvalue weighted by Gasteiger charge is -2.32. The number of hydrogen-bond donors (Lipinski definition) is 2. The number of anilines is 1. The van der Waals surface area contributed by atoms with Gasteiger partial charge in [-0.15, -0.1) is 0 Å². The van der Waals surface area contributed by atoms with Crippen LogP contribution in [-0.2, 0) is 17.6 Å². The molecule has 2 rings (SSSR count). The van der Waals surface area contributed by atoms with E-state index in [0.29, 0.717) is 25.9 Å². The Morgan fingerprint density at radius 3 is 2.16 bits per heavy atom. The van der Waals surface area contributed by atoms with Gasteiger partial charge < -0.3 is 15.5 Å². The minimum Gasteiger partial charge on any atom is -0.336 e. The third-order valence-corrected chi connectivity index (χ3v) is 4.81. The summed E-state index contributed by atoms with van der Waals surface area (Å²) in [4.78, 5) is 26.6. The first-order valence-corrected chi connectivity index (χ1v) is 9.43. The van der Waals surface area contributed by atoms with E-state index in [1.54, 1.807) is 4.90 Å². The van der Waals surface area contributed by atoms with E-state index in [0.717, 1.165) is 18.5 Å². The number of carbonyl (C=O) groups excluding carboxylic acids is 2. The van der Waals surface area contributed by atoms with E-state index in [9.17, 15) is 9.59 Å². The number of benzene rings is 1. The highest BCUT2D eigenvalue weighted by atomic mass is 16.2. The number of carbonyl (C=O) groups is 2. The molecular formula is C20H31N3O2. The van der Waals surface area contributed by atoms with Crippen LogP contribution in [0.15, 0.2) is 18.2 Å². The van der Waals surface area contributed by atoms with E-state index in [1.165, 1.54) is 11.1 Å². The van der Waals surface area contributed by atoms with Gasteiger partial charge in [-0.25, -0.2) is 4.79 Å². The van der Waals surface area contributed by atoms with Gasteiger partial charge >= 0.3 is 6.03 Å². The van der Waals surface area contributed by atoms with Crippen molar-refractivity contribution in [3.63, 3.8) is 0 Å². The van der Waals surface area contributed by atoms with Crippen LogP contribution in [0.3, 0.4) is 0 Å². The molecule has 2 N–H and O–H groups in total. The number of piperidine rings is 1. The topological polar surface area (TPSA) is 61.4 Å². The van der Waals surface area contributed by atoms with Gasteiger partial charge in [0.05, 0.1) is 0 Å². The number of likely N-dealkylation sites (tertiary alicyclic amines) is 1. The largest absolute Gasteiger partial charge is 0.336 e. The van der Waals surface area contributed by atoms with Crippen LogP contribution in [0.2, 0.25) is 0 Å². The Morgan fingerprint density at radius 1 is 1.12 bits per heavy atom. The Morgan fingerprint density at radius 2 is 1.68 bits per heavy atom. The molecule has 0 spiro atoms. The molecule has 1 heterocycles. The van der Waals surface area contributed by atoms with E-state index in [2.05, 4.69) is 42.7 Å². The number of aryl methyl sites for hydroxylation is 2. The summed E-state index contributed by atoms with van der Waals surface area (Å²) in [5.41, 5.74) is 3.35. The minimum absolute atomic E-state index is 0.0292. The average molecular weight is 345 g/mol. The van der Waals surface area contributed by atoms with Gasteiger partial charge in [0.25, 0.3) is 0 Å². The molecule has 0 aromatic heterocycles. The molecule has 1 aliphatic rings. The normalized spacial score (nSPS) is 15.3. The number of rotatable bonds is 5. The van der Waals surface area contributed by atoms with Crippen molar-refractivity contribution in [3.05, 3.63) is 29.3 Å². The fourth-order valence-electron chi connectivity index (χ4n) is 3.31. The summed E-state index contributed by atoms with van der Waals surface area (Å²) in [5, 5.41) is 6.08. The quantitative estimate of drug-likeness (QED) is 0.857. The highest BCUT2D eigenvalue weighted by molar-refractivity contribution is 5.94. The Labute approximate surface area is 151 Å². The van der Waals surface area contributed by atoms with Crippen molar-refractivity contribution >= 4 is 17.6 Å². The van der Waals surface area contributed by atoms with Crippen molar-refractivity contribution in [2.45, 2.75) is 59.4 Å². The number of urea groups is 1. The first-order valence-electron chi connectivity index (χ1n) is 9.43. The highest BCUT2D eigenvalue weighted by Crippen LogP contribution is 2.25. The minimum atomic E-state index is -0.0299. The van der Waals surface area contributed by atoms with E-state index in [-0.39, 0.29) is 23.9 Å². The van der Waals surface area contributed by atoms with Crippen LogP contribution in [-0.4, -0.2) is 36.0 Å². The molecular weight excluding hydrogens is 314 g/mol. The molecule has 0 aliphatic carbocycles. The van der Waals surface area contributed by atoms with Crippen LogP contribution < -0.4 is 10.6 Å². The van der Waals surface area contributed by atoms with Crippen LogP contribution in [0.1, 0.15) is 51.7 Å². The van der Waals surface area contributed by atoms with Gasteiger partial charge in [-0.3, -0.25) is 4.79 Å². The maximum Gasteiger partial charge on any atom is 0.317 e. The second-order valence-electron chi connectivity index (χ2n) is 7.01. The standard InChI is InChI=1S/C20H31N3O2/c1-5-15-8-7-9-16(6-2)18(15)22-19(24)17-10-12-23(13-11-17)20(25)21-14(3)4/h7-9,14,17H,5-6,10-13H2,1-4H3,(H,21,25)(H,22,24). The maximum atomic E-state index is 12.7. The van der Waals surface area contributed by atoms with E-state index >= 15 is 0 Å². The van der Waals surface area contributed by atoms with Crippen molar-refractivity contribution < 1.29 is 9.59 Å². The van der Waals surface area contributed by atoms with E-state index in [4.69, 9.17) is 0 Å². The molecule has 0 saturated carbocycles. The summed E-state index contributed by atoms with van der Waals surface area (Å²) in [7, 11) is 0. The summed E-state index contributed by atoms with van der Waals surface area (Å²) in [6.07, 6.45) is 3.23. The second kappa shape index (κ2) is 8.88. The molecule has 0 bridgehead atoms. The lowest BCUT2D eigenvalue weighted by molar-refractivity contribution is -0.121. The lowest BCUT2D eigenvalue weighted by atomic mass is 9.95. The van der Waals surface area contributed by atoms with Crippen LogP contribution in [0.25, 0.3) is 0 Å². The van der Waals surface area contributed by atoms with Crippen molar-refractivity contribution in [3.8, 4) is 0 Å². The van der Waals surface area contributed by atoms with Gasteiger partial charge in [0.1, 0.15) is 0 Å². The van der Waals surface area contributed by atoms with Gasteiger partial charge in [-0.1, -0.05) is 32.0 Å². The molecule has 138 valence electrons. The highest BCUT2D eigenvalue weighted by Gasteiger charge is 2.28. The number of nitrogens with zero attached hydrogens (tertiary/aromatic N) is 1. The number of para-hydroxylation sites is 1. The maximum absolute atomic E-state index is 12.7. The predicted molar refractivity (Wildman–Crippen MR) is 102 cm³/mol. The Bertz CT molecular complexity index is 583. The zero-order valence-corrected chi connectivity index (χ0v) is 15.9. The molecule has 5 nitrogen and oxygen atoms in total. The summed E-state index contributed by atoms with van der Waals surface area (Å²) < 4.78 is 0. The fraction of sp³-hybridized carbons (Fsp3) is 0.600.